The van der Waals surface area contributed by atoms with Gasteiger partial charge < -0.3 is 11.1 Å². The lowest BCUT2D eigenvalue weighted by Gasteiger charge is -2.17. The van der Waals surface area contributed by atoms with Crippen molar-refractivity contribution in [2.45, 2.75) is 45.1 Å². The van der Waals surface area contributed by atoms with Crippen molar-refractivity contribution in [1.82, 2.24) is 5.32 Å². The van der Waals surface area contributed by atoms with Crippen LogP contribution in [0.2, 0.25) is 0 Å². The van der Waals surface area contributed by atoms with Crippen molar-refractivity contribution in [3.8, 4) is 0 Å². The van der Waals surface area contributed by atoms with Crippen molar-refractivity contribution in [1.29, 1.82) is 0 Å². The first-order valence-corrected chi connectivity index (χ1v) is 7.19. The molecule has 1 aromatic rings. The number of carbonyl (C=O) groups excluding carboxylic acids is 1. The van der Waals surface area contributed by atoms with E-state index >= 15 is 0 Å². The molecule has 1 rings (SSSR count). The number of benzene rings is 1. The van der Waals surface area contributed by atoms with Crippen LogP contribution < -0.4 is 11.1 Å². The van der Waals surface area contributed by atoms with Crippen molar-refractivity contribution in [2.24, 2.45) is 5.73 Å². The summed E-state index contributed by atoms with van der Waals surface area (Å²) < 4.78 is 0. The maximum absolute atomic E-state index is 11.9. The van der Waals surface area contributed by atoms with Gasteiger partial charge in [0, 0.05) is 6.42 Å². The molecule has 0 bridgehead atoms. The molecule has 3 nitrogen and oxygen atoms in total. The van der Waals surface area contributed by atoms with Crippen molar-refractivity contribution in [3.05, 3.63) is 35.9 Å². The first-order chi connectivity index (χ1) is 9.15. The Morgan fingerprint density at radius 2 is 1.95 bits per heavy atom. The van der Waals surface area contributed by atoms with Gasteiger partial charge in [-0.15, -0.1) is 0 Å². The van der Waals surface area contributed by atoms with E-state index in [9.17, 15) is 4.79 Å². The van der Waals surface area contributed by atoms with Crippen LogP contribution in [0.3, 0.4) is 0 Å². The lowest BCUT2D eigenvalue weighted by molar-refractivity contribution is -0.121. The van der Waals surface area contributed by atoms with Crippen LogP contribution in [0.4, 0.5) is 0 Å². The van der Waals surface area contributed by atoms with Gasteiger partial charge in [-0.05, 0) is 12.0 Å². The summed E-state index contributed by atoms with van der Waals surface area (Å²) >= 11 is 5.03. The van der Waals surface area contributed by atoms with E-state index in [2.05, 4.69) is 12.2 Å². The lowest BCUT2D eigenvalue weighted by atomic mass is 10.1. The normalized spacial score (nSPS) is 11.8. The van der Waals surface area contributed by atoms with Crippen LogP contribution in [0, 0.1) is 0 Å². The number of hydrogen-bond donors (Lipinski definition) is 2. The Morgan fingerprint density at radius 1 is 1.26 bits per heavy atom. The zero-order valence-corrected chi connectivity index (χ0v) is 12.2. The van der Waals surface area contributed by atoms with Gasteiger partial charge in [-0.25, -0.2) is 0 Å². The van der Waals surface area contributed by atoms with Crippen LogP contribution in [-0.4, -0.2) is 10.9 Å². The molecule has 0 heterocycles. The first-order valence-electron chi connectivity index (χ1n) is 6.78. The average Bonchev–Trinajstić information content (AvgIpc) is 2.41. The summed E-state index contributed by atoms with van der Waals surface area (Å²) in [5.41, 5.74) is 6.64. The van der Waals surface area contributed by atoms with Crippen LogP contribution in [0.1, 0.15) is 50.6 Å². The minimum atomic E-state index is -0.366. The number of nitrogens with two attached hydrogens (primary N) is 1. The first kappa shape index (κ1) is 15.6. The predicted octanol–water partition coefficient (Wildman–Crippen LogP) is 3.10. The van der Waals surface area contributed by atoms with Gasteiger partial charge in [0.05, 0.1) is 0 Å². The van der Waals surface area contributed by atoms with Gasteiger partial charge in [0.25, 0.3) is 0 Å². The summed E-state index contributed by atoms with van der Waals surface area (Å²) in [7, 11) is 0. The second-order valence-electron chi connectivity index (χ2n) is 4.62. The van der Waals surface area contributed by atoms with Gasteiger partial charge in [0.15, 0.2) is 0 Å². The summed E-state index contributed by atoms with van der Waals surface area (Å²) in [6, 6.07) is 9.21. The van der Waals surface area contributed by atoms with Crippen LogP contribution in [0.5, 0.6) is 0 Å². The molecule has 4 heteroatoms. The summed E-state index contributed by atoms with van der Waals surface area (Å²) in [6.07, 6.45) is 4.88. The summed E-state index contributed by atoms with van der Waals surface area (Å²) in [5, 5.41) is 2.90. The number of rotatable bonds is 8. The molecule has 0 radical (unpaired) electrons. The molecule has 0 aromatic heterocycles. The number of amides is 1. The number of unbranched alkanes of at least 4 members (excludes halogenated alkanes) is 3. The number of carbonyl (C=O) groups is 1. The minimum Gasteiger partial charge on any atom is -0.391 e. The van der Waals surface area contributed by atoms with Crippen molar-refractivity contribution in [2.75, 3.05) is 0 Å². The highest BCUT2D eigenvalue weighted by molar-refractivity contribution is 7.80. The van der Waals surface area contributed by atoms with E-state index in [0.717, 1.165) is 18.4 Å². The second kappa shape index (κ2) is 8.64. The molecule has 1 amide bonds. The minimum absolute atomic E-state index is 0.0118. The molecule has 0 aliphatic carbocycles. The van der Waals surface area contributed by atoms with Gasteiger partial charge in [-0.2, -0.15) is 0 Å². The van der Waals surface area contributed by atoms with Crippen molar-refractivity contribution in [3.63, 3.8) is 0 Å². The van der Waals surface area contributed by atoms with Gasteiger partial charge in [-0.1, -0.05) is 68.7 Å². The number of thiocarbonyl (C=S) groups is 1. The van der Waals surface area contributed by atoms with Crippen LogP contribution in [-0.2, 0) is 4.79 Å². The molecule has 104 valence electrons. The van der Waals surface area contributed by atoms with E-state index in [1.165, 1.54) is 12.8 Å². The molecule has 3 N–H and O–H groups in total. The quantitative estimate of drug-likeness (QED) is 0.567. The number of hydrogen-bond acceptors (Lipinski definition) is 2. The summed E-state index contributed by atoms with van der Waals surface area (Å²) in [4.78, 5) is 12.2. The molecule has 0 fully saturated rings. The third kappa shape index (κ3) is 5.83. The molecule has 1 atom stereocenters. The van der Waals surface area contributed by atoms with E-state index in [1.54, 1.807) is 0 Å². The highest BCUT2D eigenvalue weighted by Crippen LogP contribution is 2.13. The zero-order chi connectivity index (χ0) is 14.1. The Balaban J connectivity index is 2.51. The third-order valence-corrected chi connectivity index (χ3v) is 3.22. The zero-order valence-electron chi connectivity index (χ0n) is 11.4. The lowest BCUT2D eigenvalue weighted by Crippen LogP contribution is -2.36. The molecule has 0 aliphatic heterocycles. The summed E-state index contributed by atoms with van der Waals surface area (Å²) in [6.45, 7) is 2.15. The van der Waals surface area contributed by atoms with E-state index in [1.807, 2.05) is 30.3 Å². The van der Waals surface area contributed by atoms with E-state index in [0.29, 0.717) is 11.4 Å². The van der Waals surface area contributed by atoms with Gasteiger partial charge in [0.1, 0.15) is 11.0 Å². The summed E-state index contributed by atoms with van der Waals surface area (Å²) in [5.74, 6) is 0.0118. The van der Waals surface area contributed by atoms with E-state index in [4.69, 9.17) is 18.0 Å². The maximum Gasteiger partial charge on any atom is 0.220 e. The Hall–Kier alpha value is -1.42. The fraction of sp³-hybridized carbons (Fsp3) is 0.467. The van der Waals surface area contributed by atoms with Gasteiger partial charge in [0.2, 0.25) is 5.91 Å². The highest BCUT2D eigenvalue weighted by Gasteiger charge is 2.16. The molecule has 1 unspecified atom stereocenters. The third-order valence-electron chi connectivity index (χ3n) is 2.98. The molecule has 0 saturated carbocycles. The second-order valence-corrected chi connectivity index (χ2v) is 5.10. The Morgan fingerprint density at radius 3 is 2.53 bits per heavy atom. The molecule has 0 spiro atoms. The Kier molecular flexibility index (Phi) is 7.11. The number of nitrogens with one attached hydrogen (secondary N) is 1. The molecular weight excluding hydrogens is 256 g/mol. The van der Waals surface area contributed by atoms with E-state index in [-0.39, 0.29) is 11.9 Å². The molecule has 19 heavy (non-hydrogen) atoms. The van der Waals surface area contributed by atoms with Crippen molar-refractivity contribution >= 4 is 23.1 Å². The van der Waals surface area contributed by atoms with Gasteiger partial charge >= 0.3 is 0 Å². The van der Waals surface area contributed by atoms with Crippen LogP contribution in [0.25, 0.3) is 0 Å². The Labute approximate surface area is 120 Å². The smallest absolute Gasteiger partial charge is 0.220 e. The maximum atomic E-state index is 11.9. The highest BCUT2D eigenvalue weighted by atomic mass is 32.1. The van der Waals surface area contributed by atoms with Crippen LogP contribution >= 0.6 is 12.2 Å². The average molecular weight is 278 g/mol. The topological polar surface area (TPSA) is 55.1 Å². The van der Waals surface area contributed by atoms with E-state index < -0.39 is 0 Å². The SMILES string of the molecule is CCCCCCC(=O)NC(C(N)=S)c1ccccc1. The molecule has 0 saturated heterocycles. The van der Waals surface area contributed by atoms with Gasteiger partial charge in [-0.3, -0.25) is 4.79 Å². The molecular formula is C15H22N2OS. The van der Waals surface area contributed by atoms with Crippen LogP contribution in [0.15, 0.2) is 30.3 Å². The standard InChI is InChI=1S/C15H22N2OS/c1-2-3-4-8-11-13(18)17-14(15(16)19)12-9-6-5-7-10-12/h5-7,9-10,14H,2-4,8,11H2,1H3,(H2,16,19)(H,17,18). The fourth-order valence-corrected chi connectivity index (χ4v) is 2.10. The molecule has 0 aliphatic rings. The van der Waals surface area contributed by atoms with Crippen molar-refractivity contribution < 1.29 is 4.79 Å². The fourth-order valence-electron chi connectivity index (χ4n) is 1.91. The largest absolute Gasteiger partial charge is 0.391 e. The predicted molar refractivity (Wildman–Crippen MR) is 82.9 cm³/mol. The Bertz CT molecular complexity index is 406. The molecule has 1 aromatic carbocycles. The monoisotopic (exact) mass is 278 g/mol.